The Morgan fingerprint density at radius 3 is 2.49 bits per heavy atom. The summed E-state index contributed by atoms with van der Waals surface area (Å²) < 4.78 is 65.3. The van der Waals surface area contributed by atoms with Crippen molar-refractivity contribution in [1.29, 1.82) is 0 Å². The van der Waals surface area contributed by atoms with Crippen LogP contribution in [-0.2, 0) is 32.4 Å². The van der Waals surface area contributed by atoms with Crippen LogP contribution in [0, 0.1) is 17.3 Å². The molecule has 8 rings (SSSR count). The zero-order valence-electron chi connectivity index (χ0n) is 32.8. The fourth-order valence-corrected chi connectivity index (χ4v) is 9.39. The number of nitrogens with zero attached hydrogens (tertiary/aromatic N) is 2. The maximum absolute atomic E-state index is 14.4. The molecule has 7 atom stereocenters. The summed E-state index contributed by atoms with van der Waals surface area (Å²) >= 11 is 6.33. The first-order valence-electron chi connectivity index (χ1n) is 19.0. The molecule has 1 aromatic heterocycles. The molecule has 5 aliphatic rings. The van der Waals surface area contributed by atoms with Gasteiger partial charge in [-0.3, -0.25) is 14.2 Å². The van der Waals surface area contributed by atoms with Crippen molar-refractivity contribution in [3.63, 3.8) is 0 Å². The van der Waals surface area contributed by atoms with Gasteiger partial charge in [0.25, 0.3) is 5.56 Å². The van der Waals surface area contributed by atoms with Crippen LogP contribution < -0.4 is 36.3 Å². The second-order valence-corrected chi connectivity index (χ2v) is 16.9. The molecular formula is C39H47BClF3N6O7. The number of hydrogen-bond acceptors (Lipinski definition) is 9. The topological polar surface area (TPSA) is 154 Å². The molecule has 1 saturated heterocycles. The lowest BCUT2D eigenvalue weighted by Crippen LogP contribution is -2.63. The molecule has 4 N–H and O–H groups in total. The Hall–Kier alpha value is -4.48. The Balaban J connectivity index is 1.16. The molecule has 57 heavy (non-hydrogen) atoms. The number of rotatable bonds is 11. The van der Waals surface area contributed by atoms with Crippen LogP contribution in [0.25, 0.3) is 0 Å². The Morgan fingerprint density at radius 2 is 1.82 bits per heavy atom. The number of benzene rings is 2. The van der Waals surface area contributed by atoms with E-state index in [-0.39, 0.29) is 58.0 Å². The minimum Gasteiger partial charge on any atom is -0.495 e. The van der Waals surface area contributed by atoms with Crippen LogP contribution in [0.5, 0.6) is 11.5 Å². The average molecular weight is 815 g/mol. The molecule has 3 heterocycles. The van der Waals surface area contributed by atoms with Crippen LogP contribution in [0.15, 0.2) is 47.4 Å². The number of alkyl halides is 3. The highest BCUT2D eigenvalue weighted by molar-refractivity contribution is 6.47. The van der Waals surface area contributed by atoms with Gasteiger partial charge in [-0.1, -0.05) is 44.5 Å². The normalized spacial score (nSPS) is 27.4. The average Bonchev–Trinajstić information content (AvgIpc) is 3.67. The van der Waals surface area contributed by atoms with Gasteiger partial charge in [0, 0.05) is 19.0 Å². The number of carbonyl (C=O) groups is 2. The van der Waals surface area contributed by atoms with E-state index in [0.717, 1.165) is 25.0 Å². The number of methoxy groups -OCH3 is 2. The van der Waals surface area contributed by atoms with Crippen molar-refractivity contribution < 1.29 is 41.5 Å². The first kappa shape index (κ1) is 40.7. The van der Waals surface area contributed by atoms with E-state index in [1.807, 2.05) is 6.92 Å². The molecule has 18 heteroatoms. The summed E-state index contributed by atoms with van der Waals surface area (Å²) in [5.41, 5.74) is -2.74. The minimum atomic E-state index is -4.54. The third-order valence-corrected chi connectivity index (χ3v) is 12.8. The molecule has 2 aromatic carbocycles. The molecule has 2 bridgehead atoms. The first-order valence-corrected chi connectivity index (χ1v) is 19.4. The number of aromatic nitrogens is 2. The summed E-state index contributed by atoms with van der Waals surface area (Å²) in [7, 11) is 2.14. The van der Waals surface area contributed by atoms with Gasteiger partial charge in [-0.25, -0.2) is 9.78 Å². The molecule has 4 fully saturated rings. The summed E-state index contributed by atoms with van der Waals surface area (Å²) in [6.45, 7) is 10.0. The van der Waals surface area contributed by atoms with Crippen molar-refractivity contribution in [2.24, 2.45) is 17.3 Å². The second kappa shape index (κ2) is 14.7. The number of carbonyl (C=O) groups excluding carboxylic acids is 2. The van der Waals surface area contributed by atoms with E-state index >= 15 is 0 Å². The van der Waals surface area contributed by atoms with Gasteiger partial charge in [0.2, 0.25) is 5.91 Å². The number of anilines is 2. The molecule has 0 spiro atoms. The van der Waals surface area contributed by atoms with Crippen LogP contribution in [0.3, 0.4) is 0 Å². The van der Waals surface area contributed by atoms with Crippen LogP contribution in [0.1, 0.15) is 83.3 Å². The quantitative estimate of drug-likeness (QED) is 0.155. The van der Waals surface area contributed by atoms with Gasteiger partial charge in [-0.05, 0) is 74.1 Å². The van der Waals surface area contributed by atoms with E-state index in [4.69, 9.17) is 30.4 Å². The smallest absolute Gasteiger partial charge is 0.481 e. The van der Waals surface area contributed by atoms with Crippen molar-refractivity contribution in [1.82, 2.24) is 20.2 Å². The number of hydrogen-bond donors (Lipinski definition) is 4. The standard InChI is InChI=1S/C39H47BClF3N6O7/c1-8-30(40-56-31-23-13-22(36(23,2)3)16-38(31,5)57-40)48-32(51)27-17-37(4,49-35(53)47-25-14-24(41)28(54-6)15-29(25)55-7)34-46-19-26(33(52)50(27)34)45-18-20-10-9-11-21(12-20)39(42,43)44/h9-12,14-15,19,22-23,27,30-31,45H,8,13,16-18H2,1-7H3,(H,48,51)(H2,47,49,53)/t22?,23?,27-,30-,31+,37+,38-/m0/s1. The van der Waals surface area contributed by atoms with Crippen molar-refractivity contribution >= 4 is 42.0 Å². The largest absolute Gasteiger partial charge is 0.495 e. The van der Waals surface area contributed by atoms with Gasteiger partial charge in [0.1, 0.15) is 29.1 Å². The Bertz CT molecular complexity index is 2140. The van der Waals surface area contributed by atoms with E-state index in [1.165, 1.54) is 49.2 Å². The zero-order valence-corrected chi connectivity index (χ0v) is 33.6. The summed E-state index contributed by atoms with van der Waals surface area (Å²) in [5, 5.41) is 11.8. The van der Waals surface area contributed by atoms with Crippen LogP contribution in [-0.4, -0.2) is 60.5 Å². The SMILES string of the molecule is CC[C@H](NC(=O)[C@@H]1C[C@@](C)(NC(=O)Nc2cc(Cl)c(OC)cc2OC)c2ncc(NCc3cccc(C(F)(F)F)c3)c(=O)n21)B1O[C@@H]2C3CC(C[C@]2(C)O1)C3(C)C. The van der Waals surface area contributed by atoms with Gasteiger partial charge in [0.15, 0.2) is 0 Å². The van der Waals surface area contributed by atoms with Gasteiger partial charge in [-0.2, -0.15) is 13.2 Å². The second-order valence-electron chi connectivity index (χ2n) is 16.5. The molecule has 2 aliphatic heterocycles. The van der Waals surface area contributed by atoms with Gasteiger partial charge in [-0.15, -0.1) is 0 Å². The minimum absolute atomic E-state index is 0.0478. The summed E-state index contributed by atoms with van der Waals surface area (Å²) in [4.78, 5) is 46.9. The van der Waals surface area contributed by atoms with E-state index < -0.39 is 59.5 Å². The Morgan fingerprint density at radius 1 is 1.09 bits per heavy atom. The fourth-order valence-electron chi connectivity index (χ4n) is 9.15. The zero-order chi connectivity index (χ0) is 41.2. The predicted octanol–water partition coefficient (Wildman–Crippen LogP) is 6.69. The predicted molar refractivity (Wildman–Crippen MR) is 207 cm³/mol. The molecule has 3 aliphatic carbocycles. The van der Waals surface area contributed by atoms with Crippen molar-refractivity contribution in [2.45, 2.75) is 102 Å². The van der Waals surface area contributed by atoms with E-state index in [9.17, 15) is 27.6 Å². The van der Waals surface area contributed by atoms with Gasteiger partial charge < -0.3 is 40.0 Å². The number of ether oxygens (including phenoxy) is 2. The maximum Gasteiger partial charge on any atom is 0.481 e. The molecule has 2 unspecified atom stereocenters. The van der Waals surface area contributed by atoms with Crippen LogP contribution in [0.4, 0.5) is 29.3 Å². The van der Waals surface area contributed by atoms with Crippen LogP contribution >= 0.6 is 11.6 Å². The third-order valence-electron chi connectivity index (χ3n) is 12.5. The number of halogens is 4. The number of urea groups is 1. The molecule has 3 amide bonds. The maximum atomic E-state index is 14.4. The van der Waals surface area contributed by atoms with E-state index in [2.05, 4.69) is 47.0 Å². The first-order chi connectivity index (χ1) is 26.8. The monoisotopic (exact) mass is 814 g/mol. The molecule has 13 nitrogen and oxygen atoms in total. The highest BCUT2D eigenvalue weighted by Crippen LogP contribution is 2.64. The van der Waals surface area contributed by atoms with E-state index in [0.29, 0.717) is 24.0 Å². The molecule has 0 radical (unpaired) electrons. The highest BCUT2D eigenvalue weighted by atomic mass is 35.5. The van der Waals surface area contributed by atoms with Gasteiger partial charge >= 0.3 is 19.3 Å². The summed E-state index contributed by atoms with van der Waals surface area (Å²) in [6.07, 6.45) is -1.10. The number of nitrogens with one attached hydrogen (secondary N) is 4. The molecule has 3 aromatic rings. The third kappa shape index (κ3) is 7.31. The molecule has 306 valence electrons. The number of amides is 3. The molecular weight excluding hydrogens is 768 g/mol. The number of fused-ring (bicyclic) bond motifs is 1. The lowest BCUT2D eigenvalue weighted by atomic mass is 9.45. The highest BCUT2D eigenvalue weighted by Gasteiger charge is 2.67. The van der Waals surface area contributed by atoms with Crippen LogP contribution in [0.2, 0.25) is 5.02 Å². The summed E-state index contributed by atoms with van der Waals surface area (Å²) in [6, 6.07) is 5.85. The fraction of sp³-hybridized carbons (Fsp3) is 0.538. The summed E-state index contributed by atoms with van der Waals surface area (Å²) in [5.74, 6) is 0.463. The van der Waals surface area contributed by atoms with Gasteiger partial charge in [0.05, 0.1) is 59.9 Å². The lowest BCUT2D eigenvalue weighted by molar-refractivity contribution is -0.185. The van der Waals surface area contributed by atoms with E-state index in [1.54, 1.807) is 6.92 Å². The van der Waals surface area contributed by atoms with Crippen molar-refractivity contribution in [2.75, 3.05) is 24.9 Å². The lowest BCUT2D eigenvalue weighted by Gasteiger charge is -2.63. The van der Waals surface area contributed by atoms with Crippen molar-refractivity contribution in [3.05, 3.63) is 74.9 Å². The molecule has 3 saturated carbocycles. The Kier molecular flexibility index (Phi) is 10.5. The van der Waals surface area contributed by atoms with Crippen molar-refractivity contribution in [3.8, 4) is 11.5 Å². The Labute approximate surface area is 333 Å².